The first-order chi connectivity index (χ1) is 13.8. The number of non-ortho nitro benzene ring substituents is 1. The Kier molecular flexibility index (Phi) is 5.35. The van der Waals surface area contributed by atoms with E-state index in [0.29, 0.717) is 16.9 Å². The van der Waals surface area contributed by atoms with E-state index < -0.39 is 10.8 Å². The molecule has 0 aliphatic carbocycles. The Morgan fingerprint density at radius 1 is 1.28 bits per heavy atom. The highest BCUT2D eigenvalue weighted by Gasteiger charge is 2.14. The van der Waals surface area contributed by atoms with Crippen LogP contribution in [0.4, 0.5) is 15.8 Å². The largest absolute Gasteiger partial charge is 0.399 e. The van der Waals surface area contributed by atoms with E-state index in [1.165, 1.54) is 24.4 Å². The Labute approximate surface area is 164 Å². The number of nitrogens with two attached hydrogens (primary N) is 1. The Bertz CT molecular complexity index is 1120. The van der Waals surface area contributed by atoms with Crippen molar-refractivity contribution in [2.45, 2.75) is 13.8 Å². The summed E-state index contributed by atoms with van der Waals surface area (Å²) < 4.78 is 14.8. The number of nitrogens with zero attached hydrogens (tertiary/aromatic N) is 4. The van der Waals surface area contributed by atoms with Gasteiger partial charge in [-0.25, -0.2) is 14.5 Å². The van der Waals surface area contributed by atoms with E-state index in [4.69, 9.17) is 5.73 Å². The molecule has 10 heteroatoms. The molecule has 2 aromatic carbocycles. The summed E-state index contributed by atoms with van der Waals surface area (Å²) in [6, 6.07) is 9.48. The number of aryl methyl sites for hydroxylation is 1. The van der Waals surface area contributed by atoms with Crippen molar-refractivity contribution < 1.29 is 14.1 Å². The first kappa shape index (κ1) is 19.7. The predicted molar refractivity (Wildman–Crippen MR) is 106 cm³/mol. The minimum Gasteiger partial charge on any atom is -0.399 e. The van der Waals surface area contributed by atoms with Crippen LogP contribution in [0.1, 0.15) is 27.3 Å². The molecule has 3 aromatic rings. The van der Waals surface area contributed by atoms with Gasteiger partial charge < -0.3 is 5.73 Å². The van der Waals surface area contributed by atoms with Crippen LogP contribution in [0.15, 0.2) is 47.6 Å². The fraction of sp³-hybridized carbons (Fsp3) is 0.105. The zero-order valence-corrected chi connectivity index (χ0v) is 15.6. The highest BCUT2D eigenvalue weighted by Crippen LogP contribution is 2.19. The van der Waals surface area contributed by atoms with Crippen LogP contribution in [0.2, 0.25) is 0 Å². The summed E-state index contributed by atoms with van der Waals surface area (Å²) in [4.78, 5) is 22.5. The number of amides is 1. The average Bonchev–Trinajstić information content (AvgIpc) is 2.96. The van der Waals surface area contributed by atoms with Gasteiger partial charge in [0, 0.05) is 23.4 Å². The monoisotopic (exact) mass is 396 g/mol. The molecule has 1 heterocycles. The van der Waals surface area contributed by atoms with Crippen molar-refractivity contribution in [2.24, 2.45) is 5.10 Å². The number of hydrogen-bond acceptors (Lipinski definition) is 6. The lowest BCUT2D eigenvalue weighted by Gasteiger charge is -2.04. The molecule has 1 amide bonds. The summed E-state index contributed by atoms with van der Waals surface area (Å²) >= 11 is 0. The van der Waals surface area contributed by atoms with Gasteiger partial charge >= 0.3 is 0 Å². The van der Waals surface area contributed by atoms with Crippen LogP contribution in [-0.2, 0) is 0 Å². The van der Waals surface area contributed by atoms with Crippen molar-refractivity contribution in [3.05, 3.63) is 80.9 Å². The number of hydrazone groups is 1. The molecule has 0 unspecified atom stereocenters. The molecule has 0 spiro atoms. The number of aromatic nitrogens is 2. The topological polar surface area (TPSA) is 128 Å². The zero-order chi connectivity index (χ0) is 21.1. The Hall–Kier alpha value is -4.08. The molecular weight excluding hydrogens is 379 g/mol. The van der Waals surface area contributed by atoms with Crippen LogP contribution in [0, 0.1) is 29.8 Å². The minimum absolute atomic E-state index is 0.0179. The van der Waals surface area contributed by atoms with E-state index in [9.17, 15) is 19.3 Å². The molecule has 0 saturated heterocycles. The SMILES string of the molecule is Cc1nn(-c2ccc(F)cc2)c(C)c1/C=N\NC(=O)c1cc(N)cc([N+](=O)[O-])c1. The molecule has 29 heavy (non-hydrogen) atoms. The standard InChI is InChI=1S/C19H17FN6O3/c1-11-18(12(2)25(24-11)16-5-3-14(20)4-6-16)10-22-23-19(27)13-7-15(21)9-17(8-13)26(28)29/h3-10H,21H2,1-2H3,(H,23,27)/b22-10-. The summed E-state index contributed by atoms with van der Waals surface area (Å²) in [7, 11) is 0. The van der Waals surface area contributed by atoms with Gasteiger partial charge in [0.2, 0.25) is 0 Å². The molecule has 0 aliphatic heterocycles. The molecule has 0 radical (unpaired) electrons. The molecular formula is C19H17FN6O3. The van der Waals surface area contributed by atoms with Gasteiger partial charge in [0.05, 0.1) is 33.8 Å². The smallest absolute Gasteiger partial charge is 0.272 e. The third-order valence-corrected chi connectivity index (χ3v) is 4.19. The van der Waals surface area contributed by atoms with Crippen LogP contribution in [0.3, 0.4) is 0 Å². The molecule has 0 aliphatic rings. The zero-order valence-electron chi connectivity index (χ0n) is 15.6. The Morgan fingerprint density at radius 2 is 1.97 bits per heavy atom. The number of benzene rings is 2. The maximum absolute atomic E-state index is 13.1. The summed E-state index contributed by atoms with van der Waals surface area (Å²) in [6.07, 6.45) is 1.43. The number of nitro benzene ring substituents is 1. The van der Waals surface area contributed by atoms with Gasteiger partial charge in [0.1, 0.15) is 5.82 Å². The number of halogens is 1. The maximum atomic E-state index is 13.1. The highest BCUT2D eigenvalue weighted by atomic mass is 19.1. The average molecular weight is 396 g/mol. The van der Waals surface area contributed by atoms with Crippen molar-refractivity contribution in [1.82, 2.24) is 15.2 Å². The molecule has 0 atom stereocenters. The van der Waals surface area contributed by atoms with E-state index in [1.807, 2.05) is 6.92 Å². The van der Waals surface area contributed by atoms with Gasteiger partial charge in [-0.05, 0) is 44.2 Å². The Balaban J connectivity index is 1.80. The summed E-state index contributed by atoms with van der Waals surface area (Å²) in [6.45, 7) is 3.59. The van der Waals surface area contributed by atoms with E-state index >= 15 is 0 Å². The number of rotatable bonds is 5. The van der Waals surface area contributed by atoms with E-state index in [2.05, 4.69) is 15.6 Å². The normalized spacial score (nSPS) is 11.0. The third-order valence-electron chi connectivity index (χ3n) is 4.19. The highest BCUT2D eigenvalue weighted by molar-refractivity contribution is 5.96. The van der Waals surface area contributed by atoms with Gasteiger partial charge in [-0.1, -0.05) is 0 Å². The molecule has 0 saturated carbocycles. The molecule has 1 aromatic heterocycles. The number of hydrogen-bond donors (Lipinski definition) is 2. The van der Waals surface area contributed by atoms with Gasteiger partial charge in [0.25, 0.3) is 11.6 Å². The van der Waals surface area contributed by atoms with Crippen molar-refractivity contribution in [3.8, 4) is 5.69 Å². The number of nitrogen functional groups attached to an aromatic ring is 1. The van der Waals surface area contributed by atoms with Crippen LogP contribution >= 0.6 is 0 Å². The molecule has 3 N–H and O–H groups in total. The van der Waals surface area contributed by atoms with E-state index in [-0.39, 0.29) is 22.8 Å². The first-order valence-electron chi connectivity index (χ1n) is 8.47. The van der Waals surface area contributed by atoms with Crippen LogP contribution in [0.25, 0.3) is 5.69 Å². The lowest BCUT2D eigenvalue weighted by Crippen LogP contribution is -2.18. The lowest BCUT2D eigenvalue weighted by atomic mass is 10.1. The second kappa shape index (κ2) is 7.89. The minimum atomic E-state index is -0.641. The molecule has 9 nitrogen and oxygen atoms in total. The Morgan fingerprint density at radius 3 is 2.62 bits per heavy atom. The maximum Gasteiger partial charge on any atom is 0.272 e. The summed E-state index contributed by atoms with van der Waals surface area (Å²) in [5, 5.41) is 19.2. The molecule has 148 valence electrons. The quantitative estimate of drug-likeness (QED) is 0.297. The van der Waals surface area contributed by atoms with Crippen molar-refractivity contribution in [2.75, 3.05) is 5.73 Å². The van der Waals surface area contributed by atoms with Gasteiger partial charge in [-0.2, -0.15) is 10.2 Å². The van der Waals surface area contributed by atoms with E-state index in [1.54, 1.807) is 23.7 Å². The van der Waals surface area contributed by atoms with Gasteiger partial charge in [-0.15, -0.1) is 0 Å². The van der Waals surface area contributed by atoms with Crippen molar-refractivity contribution >= 4 is 23.5 Å². The number of carbonyl (C=O) groups excluding carboxylic acids is 1. The summed E-state index contributed by atoms with van der Waals surface area (Å²) in [5.41, 5.74) is 10.5. The molecule has 0 bridgehead atoms. The lowest BCUT2D eigenvalue weighted by molar-refractivity contribution is -0.384. The molecule has 0 fully saturated rings. The third kappa shape index (κ3) is 4.26. The van der Waals surface area contributed by atoms with Gasteiger partial charge in [-0.3, -0.25) is 14.9 Å². The fourth-order valence-corrected chi connectivity index (χ4v) is 2.77. The predicted octanol–water partition coefficient (Wildman–Crippen LogP) is 2.88. The summed E-state index contributed by atoms with van der Waals surface area (Å²) in [5.74, 6) is -0.987. The van der Waals surface area contributed by atoms with Crippen LogP contribution < -0.4 is 11.2 Å². The van der Waals surface area contributed by atoms with E-state index in [0.717, 1.165) is 17.8 Å². The number of carbonyl (C=O) groups is 1. The van der Waals surface area contributed by atoms with Crippen LogP contribution in [-0.4, -0.2) is 26.8 Å². The second-order valence-electron chi connectivity index (χ2n) is 6.24. The fourth-order valence-electron chi connectivity index (χ4n) is 2.77. The van der Waals surface area contributed by atoms with Crippen LogP contribution in [0.5, 0.6) is 0 Å². The van der Waals surface area contributed by atoms with Crippen molar-refractivity contribution in [1.29, 1.82) is 0 Å². The molecule has 3 rings (SSSR count). The number of nitrogens with one attached hydrogen (secondary N) is 1. The van der Waals surface area contributed by atoms with Gasteiger partial charge in [0.15, 0.2) is 0 Å². The first-order valence-corrected chi connectivity index (χ1v) is 8.47. The van der Waals surface area contributed by atoms with Crippen molar-refractivity contribution in [3.63, 3.8) is 0 Å². The second-order valence-corrected chi connectivity index (χ2v) is 6.24. The number of nitro groups is 1. The number of anilines is 1.